The summed E-state index contributed by atoms with van der Waals surface area (Å²) in [4.78, 5) is 3.67. The quantitative estimate of drug-likeness (QED) is 0.935. The molecule has 0 fully saturated rings. The molecule has 8 heteroatoms. The second-order valence-electron chi connectivity index (χ2n) is 3.34. The molecule has 0 atom stereocenters. The number of benzene rings is 1. The molecular weight excluding hydrogens is 267 g/mol. The molecule has 1 heterocycles. The van der Waals surface area contributed by atoms with Crippen LogP contribution in [0.1, 0.15) is 11.1 Å². The third-order valence-electron chi connectivity index (χ3n) is 2.12. The highest BCUT2D eigenvalue weighted by Crippen LogP contribution is 2.38. The minimum atomic E-state index is -4.51. The van der Waals surface area contributed by atoms with E-state index >= 15 is 0 Å². The molecule has 4 nitrogen and oxygen atoms in total. The normalized spacial score (nSPS) is 11.6. The molecule has 0 aliphatic heterocycles. The van der Waals surface area contributed by atoms with Gasteiger partial charge in [0.25, 0.3) is 5.19 Å². The Bertz CT molecular complexity index is 528. The molecule has 0 radical (unpaired) electrons. The molecule has 96 valence electrons. The van der Waals surface area contributed by atoms with Gasteiger partial charge >= 0.3 is 6.18 Å². The number of aromatic nitrogens is 2. The highest BCUT2D eigenvalue weighted by Gasteiger charge is 2.35. The molecule has 2 N–H and O–H groups in total. The van der Waals surface area contributed by atoms with Gasteiger partial charge in [0, 0.05) is 18.1 Å². The van der Waals surface area contributed by atoms with Gasteiger partial charge in [-0.25, -0.2) is 0 Å². The van der Waals surface area contributed by atoms with Crippen molar-refractivity contribution >= 4 is 11.5 Å². The van der Waals surface area contributed by atoms with Gasteiger partial charge in [-0.05, 0) is 17.7 Å². The molecule has 18 heavy (non-hydrogen) atoms. The number of hydrogen-bond donors (Lipinski definition) is 1. The number of ether oxygens (including phenoxy) is 1. The van der Waals surface area contributed by atoms with E-state index in [1.165, 1.54) is 18.5 Å². The lowest BCUT2D eigenvalue weighted by Gasteiger charge is -2.13. The number of nitrogens with zero attached hydrogens (tertiary/aromatic N) is 2. The maximum atomic E-state index is 12.8. The van der Waals surface area contributed by atoms with Crippen molar-refractivity contribution in [1.82, 2.24) is 9.36 Å². The van der Waals surface area contributed by atoms with Crippen molar-refractivity contribution in [2.45, 2.75) is 12.7 Å². The smallest absolute Gasteiger partial charge is 0.419 e. The molecule has 0 unspecified atom stereocenters. The third kappa shape index (κ3) is 2.77. The minimum absolute atomic E-state index is 0.0299. The Balaban J connectivity index is 2.40. The molecule has 2 aromatic rings. The predicted octanol–water partition coefficient (Wildman–Crippen LogP) is 2.81. The highest BCUT2D eigenvalue weighted by molar-refractivity contribution is 7.07. The van der Waals surface area contributed by atoms with Gasteiger partial charge in [0.1, 0.15) is 12.1 Å². The van der Waals surface area contributed by atoms with Crippen LogP contribution in [0.25, 0.3) is 0 Å². The van der Waals surface area contributed by atoms with E-state index in [1.54, 1.807) is 0 Å². The average Bonchev–Trinajstić information content (AvgIpc) is 2.81. The van der Waals surface area contributed by atoms with Crippen LogP contribution in [0, 0.1) is 0 Å². The van der Waals surface area contributed by atoms with Gasteiger partial charge in [-0.15, -0.1) is 0 Å². The Morgan fingerprint density at radius 2 is 2.11 bits per heavy atom. The van der Waals surface area contributed by atoms with Crippen molar-refractivity contribution in [3.8, 4) is 10.9 Å². The molecule has 2 rings (SSSR count). The molecule has 0 aliphatic carbocycles. The van der Waals surface area contributed by atoms with Crippen LogP contribution in [0.2, 0.25) is 0 Å². The summed E-state index contributed by atoms with van der Waals surface area (Å²) < 4.78 is 47.2. The Labute approximate surface area is 104 Å². The summed E-state index contributed by atoms with van der Waals surface area (Å²) in [7, 11) is 0. The number of rotatable bonds is 3. The lowest BCUT2D eigenvalue weighted by Crippen LogP contribution is -2.09. The van der Waals surface area contributed by atoms with Crippen LogP contribution < -0.4 is 10.5 Å². The molecule has 1 aromatic carbocycles. The van der Waals surface area contributed by atoms with Gasteiger partial charge in [0.05, 0.1) is 5.56 Å². The van der Waals surface area contributed by atoms with Crippen LogP contribution in [0.15, 0.2) is 24.5 Å². The molecule has 0 aliphatic rings. The first-order valence-electron chi connectivity index (χ1n) is 4.85. The van der Waals surface area contributed by atoms with E-state index in [0.29, 0.717) is 5.56 Å². The summed E-state index contributed by atoms with van der Waals surface area (Å²) >= 11 is 0.872. The molecule has 1 aromatic heterocycles. The Kier molecular flexibility index (Phi) is 3.48. The Hall–Kier alpha value is -1.67. The van der Waals surface area contributed by atoms with Gasteiger partial charge in [0.2, 0.25) is 0 Å². The maximum absolute atomic E-state index is 12.8. The van der Waals surface area contributed by atoms with Crippen LogP contribution in [0.3, 0.4) is 0 Å². The average molecular weight is 275 g/mol. The van der Waals surface area contributed by atoms with Crippen LogP contribution in [0.4, 0.5) is 13.2 Å². The lowest BCUT2D eigenvalue weighted by atomic mass is 10.1. The maximum Gasteiger partial charge on any atom is 0.419 e. The van der Waals surface area contributed by atoms with Crippen molar-refractivity contribution in [3.05, 3.63) is 35.7 Å². The fourth-order valence-electron chi connectivity index (χ4n) is 1.32. The summed E-state index contributed by atoms with van der Waals surface area (Å²) in [5.41, 5.74) is 4.83. The Morgan fingerprint density at radius 3 is 2.67 bits per heavy atom. The zero-order valence-corrected chi connectivity index (χ0v) is 9.76. The molecule has 0 saturated carbocycles. The SMILES string of the molecule is NCc1ccc(Oc2ncns2)c(C(F)(F)F)c1. The van der Waals surface area contributed by atoms with Crippen molar-refractivity contribution in [3.63, 3.8) is 0 Å². The van der Waals surface area contributed by atoms with Gasteiger partial charge in [-0.3, -0.25) is 0 Å². The van der Waals surface area contributed by atoms with Crippen molar-refractivity contribution < 1.29 is 17.9 Å². The number of hydrogen-bond acceptors (Lipinski definition) is 5. The minimum Gasteiger partial charge on any atom is -0.429 e. The summed E-state index contributed by atoms with van der Waals surface area (Å²) in [6.45, 7) is 0.0299. The largest absolute Gasteiger partial charge is 0.429 e. The zero-order valence-electron chi connectivity index (χ0n) is 8.94. The number of nitrogens with two attached hydrogens (primary N) is 1. The standard InChI is InChI=1S/C10H8F3N3OS/c11-10(12,13)7-3-6(4-14)1-2-8(7)17-9-15-5-16-18-9/h1-3,5H,4,14H2. The first kappa shape index (κ1) is 12.8. The molecule has 0 bridgehead atoms. The van der Waals surface area contributed by atoms with Crippen LogP contribution in [-0.2, 0) is 12.7 Å². The van der Waals surface area contributed by atoms with Gasteiger partial charge in [0.15, 0.2) is 0 Å². The molecule has 0 spiro atoms. The molecular formula is C10H8F3N3OS. The lowest BCUT2D eigenvalue weighted by molar-refractivity contribution is -0.138. The van der Waals surface area contributed by atoms with E-state index in [4.69, 9.17) is 10.5 Å². The fraction of sp³-hybridized carbons (Fsp3) is 0.200. The van der Waals surface area contributed by atoms with Gasteiger partial charge in [-0.1, -0.05) is 6.07 Å². The van der Waals surface area contributed by atoms with Crippen molar-refractivity contribution in [1.29, 1.82) is 0 Å². The second-order valence-corrected chi connectivity index (χ2v) is 4.08. The first-order chi connectivity index (χ1) is 8.50. The van der Waals surface area contributed by atoms with E-state index < -0.39 is 11.7 Å². The van der Waals surface area contributed by atoms with Crippen molar-refractivity contribution in [2.24, 2.45) is 5.73 Å². The highest BCUT2D eigenvalue weighted by atomic mass is 32.1. The second kappa shape index (κ2) is 4.91. The van der Waals surface area contributed by atoms with E-state index in [-0.39, 0.29) is 17.5 Å². The van der Waals surface area contributed by atoms with E-state index in [0.717, 1.165) is 17.6 Å². The molecule has 0 amide bonds. The number of halogens is 3. The fourth-order valence-corrected chi connectivity index (χ4v) is 1.72. The molecule has 0 saturated heterocycles. The van der Waals surface area contributed by atoms with Crippen LogP contribution in [0.5, 0.6) is 10.9 Å². The van der Waals surface area contributed by atoms with Crippen LogP contribution in [-0.4, -0.2) is 9.36 Å². The monoisotopic (exact) mass is 275 g/mol. The summed E-state index contributed by atoms with van der Waals surface area (Å²) in [6.07, 6.45) is -3.30. The topological polar surface area (TPSA) is 61.0 Å². The first-order valence-corrected chi connectivity index (χ1v) is 5.63. The zero-order chi connectivity index (χ0) is 13.2. The summed E-state index contributed by atoms with van der Waals surface area (Å²) in [5.74, 6) is -0.309. The predicted molar refractivity (Wildman–Crippen MR) is 59.3 cm³/mol. The van der Waals surface area contributed by atoms with E-state index in [9.17, 15) is 13.2 Å². The van der Waals surface area contributed by atoms with E-state index in [1.807, 2.05) is 0 Å². The van der Waals surface area contributed by atoms with Crippen molar-refractivity contribution in [2.75, 3.05) is 0 Å². The van der Waals surface area contributed by atoms with Gasteiger partial charge < -0.3 is 10.5 Å². The van der Waals surface area contributed by atoms with Gasteiger partial charge in [-0.2, -0.15) is 22.5 Å². The van der Waals surface area contributed by atoms with Crippen LogP contribution >= 0.6 is 11.5 Å². The third-order valence-corrected chi connectivity index (χ3v) is 2.67. The Morgan fingerprint density at radius 1 is 1.33 bits per heavy atom. The summed E-state index contributed by atoms with van der Waals surface area (Å²) in [5, 5.41) is 0.0565. The summed E-state index contributed by atoms with van der Waals surface area (Å²) in [6, 6.07) is 3.67. The number of alkyl halides is 3. The van der Waals surface area contributed by atoms with E-state index in [2.05, 4.69) is 9.36 Å².